The number of carbonyl (C=O) groups is 1. The summed E-state index contributed by atoms with van der Waals surface area (Å²) < 4.78 is 4.81. The van der Waals surface area contributed by atoms with Gasteiger partial charge < -0.3 is 14.7 Å². The van der Waals surface area contributed by atoms with Gasteiger partial charge in [-0.1, -0.05) is 12.1 Å². The van der Waals surface area contributed by atoms with Crippen molar-refractivity contribution in [3.63, 3.8) is 0 Å². The van der Waals surface area contributed by atoms with Crippen molar-refractivity contribution in [1.29, 1.82) is 5.26 Å². The minimum atomic E-state index is -0.612. The molecule has 21 heavy (non-hydrogen) atoms. The fourth-order valence-corrected chi connectivity index (χ4v) is 1.88. The van der Waals surface area contributed by atoms with Crippen molar-refractivity contribution in [3.8, 4) is 6.07 Å². The van der Waals surface area contributed by atoms with Crippen molar-refractivity contribution in [2.24, 2.45) is 0 Å². The first kappa shape index (κ1) is 16.7. The Kier molecular flexibility index (Phi) is 6.99. The summed E-state index contributed by atoms with van der Waals surface area (Å²) in [6.45, 7) is 5.40. The highest BCUT2D eigenvalue weighted by atomic mass is 16.5. The van der Waals surface area contributed by atoms with Crippen LogP contribution in [-0.4, -0.2) is 37.4 Å². The van der Waals surface area contributed by atoms with Crippen molar-refractivity contribution in [2.75, 3.05) is 31.2 Å². The number of esters is 1. The number of rotatable bonds is 7. The lowest BCUT2D eigenvalue weighted by Gasteiger charge is -2.21. The molecule has 1 rings (SSSR count). The van der Waals surface area contributed by atoms with Crippen LogP contribution in [0.15, 0.2) is 29.8 Å². The summed E-state index contributed by atoms with van der Waals surface area (Å²) in [5.41, 5.74) is 1.72. The van der Waals surface area contributed by atoms with Gasteiger partial charge in [0.25, 0.3) is 0 Å². The normalized spacial score (nSPS) is 10.9. The van der Waals surface area contributed by atoms with E-state index in [1.165, 1.54) is 6.08 Å². The molecule has 0 aliphatic heterocycles. The Labute approximate surface area is 125 Å². The molecule has 5 heteroatoms. The number of carbonyl (C=O) groups excluding carboxylic acids is 1. The van der Waals surface area contributed by atoms with Gasteiger partial charge in [0.15, 0.2) is 0 Å². The molecule has 0 saturated carbocycles. The van der Waals surface area contributed by atoms with Gasteiger partial charge >= 0.3 is 5.97 Å². The third-order valence-corrected chi connectivity index (χ3v) is 2.94. The summed E-state index contributed by atoms with van der Waals surface area (Å²) in [5.74, 6) is -0.612. The molecule has 1 aromatic rings. The van der Waals surface area contributed by atoms with E-state index in [1.54, 1.807) is 6.92 Å². The summed E-state index contributed by atoms with van der Waals surface area (Å²) in [7, 11) is 0. The standard InChI is InChI=1S/C16H20N2O3/c1-3-18(9-10-19)15-7-5-13(6-8-15)11-14(12-17)16(20)21-4-2/h5-8,11,19H,3-4,9-10H2,1-2H3. The maximum Gasteiger partial charge on any atom is 0.348 e. The number of aliphatic hydroxyl groups is 1. The molecule has 1 aromatic carbocycles. The maximum absolute atomic E-state index is 11.5. The Hall–Kier alpha value is -2.32. The molecule has 0 radical (unpaired) electrons. The molecule has 0 spiro atoms. The van der Waals surface area contributed by atoms with Crippen molar-refractivity contribution in [1.82, 2.24) is 0 Å². The average molecular weight is 288 g/mol. The van der Waals surface area contributed by atoms with E-state index in [2.05, 4.69) is 0 Å². The first-order valence-corrected chi connectivity index (χ1v) is 6.91. The van der Waals surface area contributed by atoms with Gasteiger partial charge in [-0.3, -0.25) is 0 Å². The van der Waals surface area contributed by atoms with Crippen molar-refractivity contribution in [2.45, 2.75) is 13.8 Å². The molecule has 0 heterocycles. The Morgan fingerprint density at radius 2 is 2.05 bits per heavy atom. The number of nitriles is 1. The van der Waals surface area contributed by atoms with Crippen LogP contribution < -0.4 is 4.90 Å². The SMILES string of the molecule is CCOC(=O)C(C#N)=Cc1ccc(N(CC)CCO)cc1. The number of ether oxygens (including phenoxy) is 1. The summed E-state index contributed by atoms with van der Waals surface area (Å²) in [6.07, 6.45) is 1.50. The zero-order valence-electron chi connectivity index (χ0n) is 12.4. The molecule has 0 unspecified atom stereocenters. The number of benzene rings is 1. The van der Waals surface area contributed by atoms with Crippen LogP contribution in [-0.2, 0) is 9.53 Å². The number of hydrogen-bond acceptors (Lipinski definition) is 5. The molecule has 0 bridgehead atoms. The van der Waals surface area contributed by atoms with Gasteiger partial charge in [0.1, 0.15) is 11.6 Å². The molecule has 112 valence electrons. The van der Waals surface area contributed by atoms with Crippen LogP contribution in [0.25, 0.3) is 6.08 Å². The fourth-order valence-electron chi connectivity index (χ4n) is 1.88. The van der Waals surface area contributed by atoms with E-state index in [9.17, 15) is 4.79 Å². The van der Waals surface area contributed by atoms with Crippen LogP contribution in [0.1, 0.15) is 19.4 Å². The Morgan fingerprint density at radius 3 is 2.52 bits per heavy atom. The van der Waals surface area contributed by atoms with Gasteiger partial charge in [-0.2, -0.15) is 5.26 Å². The number of hydrogen-bond donors (Lipinski definition) is 1. The second-order valence-corrected chi connectivity index (χ2v) is 4.29. The molecule has 0 fully saturated rings. The predicted octanol–water partition coefficient (Wildman–Crippen LogP) is 1.98. The second-order valence-electron chi connectivity index (χ2n) is 4.29. The van der Waals surface area contributed by atoms with Crippen molar-refractivity contribution in [3.05, 3.63) is 35.4 Å². The van der Waals surface area contributed by atoms with Crippen LogP contribution in [0.2, 0.25) is 0 Å². The highest BCUT2D eigenvalue weighted by molar-refractivity contribution is 5.97. The molecule has 0 aromatic heterocycles. The van der Waals surface area contributed by atoms with Crippen LogP contribution >= 0.6 is 0 Å². The largest absolute Gasteiger partial charge is 0.462 e. The van der Waals surface area contributed by atoms with Gasteiger partial charge in [-0.05, 0) is 37.6 Å². The zero-order chi connectivity index (χ0) is 15.7. The maximum atomic E-state index is 11.5. The molecule has 0 saturated heterocycles. The third kappa shape index (κ3) is 4.93. The van der Waals surface area contributed by atoms with E-state index in [0.717, 1.165) is 17.8 Å². The topological polar surface area (TPSA) is 73.6 Å². The molecule has 1 N–H and O–H groups in total. The lowest BCUT2D eigenvalue weighted by molar-refractivity contribution is -0.137. The molecule has 5 nitrogen and oxygen atoms in total. The molecule has 0 atom stereocenters. The van der Waals surface area contributed by atoms with E-state index in [4.69, 9.17) is 15.1 Å². The van der Waals surface area contributed by atoms with Gasteiger partial charge in [0, 0.05) is 18.8 Å². The van der Waals surface area contributed by atoms with E-state index < -0.39 is 5.97 Å². The number of likely N-dealkylation sites (N-methyl/N-ethyl adjacent to an activating group) is 1. The second kappa shape index (κ2) is 8.77. The van der Waals surface area contributed by atoms with Gasteiger partial charge in [0.2, 0.25) is 0 Å². The Balaban J connectivity index is 2.91. The Morgan fingerprint density at radius 1 is 1.38 bits per heavy atom. The first-order valence-electron chi connectivity index (χ1n) is 6.91. The number of anilines is 1. The van der Waals surface area contributed by atoms with Gasteiger partial charge in [-0.15, -0.1) is 0 Å². The monoisotopic (exact) mass is 288 g/mol. The van der Waals surface area contributed by atoms with Crippen molar-refractivity contribution >= 4 is 17.7 Å². The zero-order valence-corrected chi connectivity index (χ0v) is 12.4. The summed E-state index contributed by atoms with van der Waals surface area (Å²) in [6, 6.07) is 9.29. The smallest absolute Gasteiger partial charge is 0.348 e. The summed E-state index contributed by atoms with van der Waals surface area (Å²) in [5, 5.41) is 18.0. The number of aliphatic hydroxyl groups excluding tert-OH is 1. The molecule has 0 aliphatic carbocycles. The lowest BCUT2D eigenvalue weighted by Crippen LogP contribution is -2.25. The molecular formula is C16H20N2O3. The van der Waals surface area contributed by atoms with Gasteiger partial charge in [0.05, 0.1) is 13.2 Å². The van der Waals surface area contributed by atoms with E-state index >= 15 is 0 Å². The van der Waals surface area contributed by atoms with E-state index in [-0.39, 0.29) is 18.8 Å². The summed E-state index contributed by atoms with van der Waals surface area (Å²) >= 11 is 0. The van der Waals surface area contributed by atoms with Crippen LogP contribution in [0, 0.1) is 11.3 Å². The molecule has 0 amide bonds. The minimum Gasteiger partial charge on any atom is -0.462 e. The van der Waals surface area contributed by atoms with Crippen LogP contribution in [0.3, 0.4) is 0 Å². The predicted molar refractivity (Wildman–Crippen MR) is 81.6 cm³/mol. The van der Waals surface area contributed by atoms with E-state index in [1.807, 2.05) is 42.2 Å². The van der Waals surface area contributed by atoms with Crippen LogP contribution in [0.5, 0.6) is 0 Å². The molecular weight excluding hydrogens is 268 g/mol. The highest BCUT2D eigenvalue weighted by Gasteiger charge is 2.10. The first-order chi connectivity index (χ1) is 10.2. The fraction of sp³-hybridized carbons (Fsp3) is 0.375. The molecule has 0 aliphatic rings. The van der Waals surface area contributed by atoms with Crippen LogP contribution in [0.4, 0.5) is 5.69 Å². The quantitative estimate of drug-likeness (QED) is 0.472. The minimum absolute atomic E-state index is 0.0210. The summed E-state index contributed by atoms with van der Waals surface area (Å²) in [4.78, 5) is 13.6. The number of nitrogens with zero attached hydrogens (tertiary/aromatic N) is 2. The van der Waals surface area contributed by atoms with Gasteiger partial charge in [-0.25, -0.2) is 4.79 Å². The lowest BCUT2D eigenvalue weighted by atomic mass is 10.1. The van der Waals surface area contributed by atoms with E-state index in [0.29, 0.717) is 6.54 Å². The third-order valence-electron chi connectivity index (χ3n) is 2.94. The Bertz CT molecular complexity index is 529. The average Bonchev–Trinajstić information content (AvgIpc) is 2.51. The van der Waals surface area contributed by atoms with Crippen molar-refractivity contribution < 1.29 is 14.6 Å². The highest BCUT2D eigenvalue weighted by Crippen LogP contribution is 2.17.